The average molecular weight is 445 g/mol. The van der Waals surface area contributed by atoms with Crippen LogP contribution in [-0.2, 0) is 6.54 Å². The highest BCUT2D eigenvalue weighted by molar-refractivity contribution is 7.18. The van der Waals surface area contributed by atoms with E-state index in [1.807, 2.05) is 13.8 Å². The Kier molecular flexibility index (Phi) is 5.26. The van der Waals surface area contributed by atoms with Crippen molar-refractivity contribution in [2.45, 2.75) is 20.4 Å². The molecule has 0 saturated carbocycles. The molecule has 0 N–H and O–H groups in total. The monoisotopic (exact) mass is 444 g/mol. The van der Waals surface area contributed by atoms with Crippen LogP contribution in [-0.4, -0.2) is 16.2 Å². The zero-order valence-electron chi connectivity index (χ0n) is 16.5. The van der Waals surface area contributed by atoms with Crippen molar-refractivity contribution in [2.75, 3.05) is 7.11 Å². The molecule has 0 bridgehead atoms. The highest BCUT2D eigenvalue weighted by atomic mass is 35.5. The van der Waals surface area contributed by atoms with Crippen molar-refractivity contribution >= 4 is 33.2 Å². The summed E-state index contributed by atoms with van der Waals surface area (Å²) in [7, 11) is 1.52. The molecule has 0 saturated heterocycles. The van der Waals surface area contributed by atoms with E-state index in [1.165, 1.54) is 35.1 Å². The van der Waals surface area contributed by atoms with Crippen molar-refractivity contribution in [3.05, 3.63) is 90.1 Å². The Morgan fingerprint density at radius 3 is 2.60 bits per heavy atom. The zero-order chi connectivity index (χ0) is 21.6. The number of thiophene rings is 1. The Morgan fingerprint density at radius 2 is 1.90 bits per heavy atom. The minimum atomic E-state index is -0.498. The van der Waals surface area contributed by atoms with Gasteiger partial charge in [-0.25, -0.2) is 13.8 Å². The van der Waals surface area contributed by atoms with Crippen LogP contribution >= 0.6 is 22.9 Å². The molecule has 0 unspecified atom stereocenters. The van der Waals surface area contributed by atoms with Gasteiger partial charge in [0.05, 0.1) is 24.7 Å². The SMILES string of the molecule is COc1cccc(-n2c(=O)c3c(C)c(C)sc3n(Cc3ccc(F)cc3Cl)c2=O)c1. The molecule has 154 valence electrons. The molecular weight excluding hydrogens is 427 g/mol. The number of nitrogens with zero attached hydrogens (tertiary/aromatic N) is 2. The summed E-state index contributed by atoms with van der Waals surface area (Å²) in [6.07, 6.45) is 0. The lowest BCUT2D eigenvalue weighted by molar-refractivity contribution is 0.414. The van der Waals surface area contributed by atoms with Crippen molar-refractivity contribution < 1.29 is 9.13 Å². The predicted octanol–water partition coefficient (Wildman–Crippen LogP) is 4.68. The lowest BCUT2D eigenvalue weighted by atomic mass is 10.2. The highest BCUT2D eigenvalue weighted by Crippen LogP contribution is 2.28. The van der Waals surface area contributed by atoms with Gasteiger partial charge >= 0.3 is 5.69 Å². The van der Waals surface area contributed by atoms with Gasteiger partial charge in [0.1, 0.15) is 16.4 Å². The third-order valence-corrected chi connectivity index (χ3v) is 6.69. The number of ether oxygens (including phenoxy) is 1. The van der Waals surface area contributed by atoms with E-state index in [0.717, 1.165) is 15.0 Å². The second-order valence-electron chi connectivity index (χ2n) is 6.91. The van der Waals surface area contributed by atoms with Gasteiger partial charge in [0.25, 0.3) is 5.56 Å². The van der Waals surface area contributed by atoms with Gasteiger partial charge in [-0.15, -0.1) is 11.3 Å². The van der Waals surface area contributed by atoms with E-state index < -0.39 is 11.5 Å². The van der Waals surface area contributed by atoms with Gasteiger partial charge in [-0.3, -0.25) is 9.36 Å². The summed E-state index contributed by atoms with van der Waals surface area (Å²) < 4.78 is 21.4. The zero-order valence-corrected chi connectivity index (χ0v) is 18.1. The molecule has 0 aliphatic rings. The third-order valence-electron chi connectivity index (χ3n) is 5.11. The van der Waals surface area contributed by atoms with Crippen LogP contribution in [0.15, 0.2) is 52.1 Å². The number of benzene rings is 2. The Balaban J connectivity index is 2.05. The second kappa shape index (κ2) is 7.74. The topological polar surface area (TPSA) is 53.2 Å². The number of halogens is 2. The van der Waals surface area contributed by atoms with E-state index in [-0.39, 0.29) is 17.1 Å². The molecule has 0 aliphatic heterocycles. The number of methoxy groups -OCH3 is 1. The highest BCUT2D eigenvalue weighted by Gasteiger charge is 2.20. The summed E-state index contributed by atoms with van der Waals surface area (Å²) in [5.41, 5.74) is 0.944. The second-order valence-corrected chi connectivity index (χ2v) is 8.52. The molecule has 0 radical (unpaired) electrons. The van der Waals surface area contributed by atoms with Crippen molar-refractivity contribution in [3.8, 4) is 11.4 Å². The van der Waals surface area contributed by atoms with Crippen LogP contribution in [0.1, 0.15) is 16.0 Å². The van der Waals surface area contributed by atoms with E-state index >= 15 is 0 Å². The van der Waals surface area contributed by atoms with Crippen LogP contribution in [0, 0.1) is 19.7 Å². The maximum atomic E-state index is 13.5. The van der Waals surface area contributed by atoms with Gasteiger partial charge < -0.3 is 4.74 Å². The molecule has 4 aromatic rings. The van der Waals surface area contributed by atoms with Gasteiger partial charge in [0, 0.05) is 16.0 Å². The molecule has 2 heterocycles. The number of fused-ring (bicyclic) bond motifs is 1. The van der Waals surface area contributed by atoms with Gasteiger partial charge in [-0.2, -0.15) is 0 Å². The summed E-state index contributed by atoms with van der Waals surface area (Å²) in [6, 6.07) is 10.8. The molecule has 0 atom stereocenters. The van der Waals surface area contributed by atoms with E-state index in [2.05, 4.69) is 0 Å². The molecule has 0 spiro atoms. The molecule has 4 rings (SSSR count). The van der Waals surface area contributed by atoms with E-state index in [1.54, 1.807) is 30.3 Å². The molecule has 0 aliphatic carbocycles. The predicted molar refractivity (Wildman–Crippen MR) is 118 cm³/mol. The first-order chi connectivity index (χ1) is 14.3. The minimum Gasteiger partial charge on any atom is -0.497 e. The smallest absolute Gasteiger partial charge is 0.337 e. The van der Waals surface area contributed by atoms with Crippen LogP contribution in [0.3, 0.4) is 0 Å². The summed E-state index contributed by atoms with van der Waals surface area (Å²) >= 11 is 7.59. The maximum Gasteiger partial charge on any atom is 0.337 e. The van der Waals surface area contributed by atoms with Gasteiger partial charge in [-0.05, 0) is 49.2 Å². The average Bonchev–Trinajstić information content (AvgIpc) is 3.01. The standard InChI is InChI=1S/C22H18ClFN2O3S/c1-12-13(2)30-21-19(12)20(27)26(16-5-4-6-17(10-16)29-3)22(28)25(21)11-14-7-8-15(24)9-18(14)23/h4-10H,11H2,1-3H3. The fourth-order valence-electron chi connectivity index (χ4n) is 3.39. The summed E-state index contributed by atoms with van der Waals surface area (Å²) in [5.74, 6) is 0.0793. The lowest BCUT2D eigenvalue weighted by Gasteiger charge is -2.14. The summed E-state index contributed by atoms with van der Waals surface area (Å²) in [6.45, 7) is 3.89. The first kappa shape index (κ1) is 20.4. The fourth-order valence-corrected chi connectivity index (χ4v) is 4.76. The largest absolute Gasteiger partial charge is 0.497 e. The number of aromatic nitrogens is 2. The van der Waals surface area contributed by atoms with E-state index in [0.29, 0.717) is 27.2 Å². The molecule has 5 nitrogen and oxygen atoms in total. The number of hydrogen-bond acceptors (Lipinski definition) is 4. The van der Waals surface area contributed by atoms with Crippen molar-refractivity contribution in [2.24, 2.45) is 0 Å². The van der Waals surface area contributed by atoms with Crippen LogP contribution in [0.2, 0.25) is 5.02 Å². The Morgan fingerprint density at radius 1 is 1.13 bits per heavy atom. The first-order valence-electron chi connectivity index (χ1n) is 9.15. The molecular formula is C22H18ClFN2O3S. The maximum absolute atomic E-state index is 13.5. The molecule has 2 aromatic carbocycles. The summed E-state index contributed by atoms with van der Waals surface area (Å²) in [5, 5.41) is 0.706. The third kappa shape index (κ3) is 3.34. The number of hydrogen-bond donors (Lipinski definition) is 0. The van der Waals surface area contributed by atoms with E-state index in [9.17, 15) is 14.0 Å². The number of aryl methyl sites for hydroxylation is 2. The first-order valence-corrected chi connectivity index (χ1v) is 10.3. The van der Waals surface area contributed by atoms with E-state index in [4.69, 9.17) is 16.3 Å². The van der Waals surface area contributed by atoms with Gasteiger partial charge in [0.15, 0.2) is 0 Å². The molecule has 0 fully saturated rings. The van der Waals surface area contributed by atoms with Crippen molar-refractivity contribution in [1.29, 1.82) is 0 Å². The lowest BCUT2D eigenvalue weighted by Crippen LogP contribution is -2.39. The number of rotatable bonds is 4. The molecule has 2 aromatic heterocycles. The normalized spacial score (nSPS) is 11.2. The fraction of sp³-hybridized carbons (Fsp3) is 0.182. The Bertz CT molecular complexity index is 1400. The Hall–Kier alpha value is -2.90. The van der Waals surface area contributed by atoms with Crippen LogP contribution in [0.25, 0.3) is 15.9 Å². The molecule has 0 amide bonds. The van der Waals surface area contributed by atoms with Crippen molar-refractivity contribution in [1.82, 2.24) is 9.13 Å². The molecule has 30 heavy (non-hydrogen) atoms. The van der Waals surface area contributed by atoms with Crippen molar-refractivity contribution in [3.63, 3.8) is 0 Å². The quantitative estimate of drug-likeness (QED) is 0.459. The van der Waals surface area contributed by atoms with Crippen LogP contribution in [0.4, 0.5) is 4.39 Å². The van der Waals surface area contributed by atoms with Gasteiger partial charge in [0.2, 0.25) is 0 Å². The summed E-state index contributed by atoms with van der Waals surface area (Å²) in [4.78, 5) is 28.3. The Labute approximate surface area is 180 Å². The minimum absolute atomic E-state index is 0.109. The van der Waals surface area contributed by atoms with Crippen LogP contribution < -0.4 is 16.0 Å². The molecule has 8 heteroatoms. The van der Waals surface area contributed by atoms with Crippen LogP contribution in [0.5, 0.6) is 5.75 Å². The van der Waals surface area contributed by atoms with Gasteiger partial charge in [-0.1, -0.05) is 23.7 Å².